The Hall–Kier alpha value is -3.10. The van der Waals surface area contributed by atoms with Gasteiger partial charge in [-0.1, -0.05) is 48.2 Å². The number of hydrogen-bond donors (Lipinski definition) is 1. The molecule has 0 aliphatic carbocycles. The summed E-state index contributed by atoms with van der Waals surface area (Å²) in [6.45, 7) is 2.89. The number of aryl methyl sites for hydroxylation is 1. The van der Waals surface area contributed by atoms with Gasteiger partial charge in [-0.15, -0.1) is 21.5 Å². The van der Waals surface area contributed by atoms with E-state index in [1.807, 2.05) is 72.2 Å². The quantitative estimate of drug-likeness (QED) is 0.276. The molecule has 2 heterocycles. The van der Waals surface area contributed by atoms with Gasteiger partial charge in [-0.3, -0.25) is 9.36 Å². The minimum Gasteiger partial charge on any atom is -0.492 e. The van der Waals surface area contributed by atoms with Crippen LogP contribution in [-0.4, -0.2) is 39.6 Å². The Morgan fingerprint density at radius 1 is 1.09 bits per heavy atom. The molecule has 2 aromatic carbocycles. The summed E-state index contributed by atoms with van der Waals surface area (Å²) in [6, 6.07) is 22.0. The van der Waals surface area contributed by atoms with Crippen LogP contribution in [0, 0.1) is 6.92 Å². The summed E-state index contributed by atoms with van der Waals surface area (Å²) in [5.41, 5.74) is 2.13. The molecule has 0 spiro atoms. The SMILES string of the molecule is Cc1cccc(OCCNC(=O)CSc2nnc(Cc3cccs3)n2-c2ccccc2)c1. The summed E-state index contributed by atoms with van der Waals surface area (Å²) in [4.78, 5) is 13.6. The Labute approximate surface area is 195 Å². The average Bonchev–Trinajstić information content (AvgIpc) is 3.46. The summed E-state index contributed by atoms with van der Waals surface area (Å²) in [6.07, 6.45) is 0.697. The van der Waals surface area contributed by atoms with E-state index < -0.39 is 0 Å². The molecular formula is C24H24N4O2S2. The lowest BCUT2D eigenvalue weighted by Crippen LogP contribution is -2.29. The van der Waals surface area contributed by atoms with Gasteiger partial charge in [0, 0.05) is 17.0 Å². The van der Waals surface area contributed by atoms with Gasteiger partial charge in [-0.2, -0.15) is 0 Å². The number of thioether (sulfide) groups is 1. The van der Waals surface area contributed by atoms with Gasteiger partial charge < -0.3 is 10.1 Å². The summed E-state index contributed by atoms with van der Waals surface area (Å²) < 4.78 is 7.71. The molecule has 4 aromatic rings. The van der Waals surface area contributed by atoms with Crippen LogP contribution in [0.15, 0.2) is 77.3 Å². The maximum absolute atomic E-state index is 12.3. The van der Waals surface area contributed by atoms with E-state index in [4.69, 9.17) is 4.74 Å². The van der Waals surface area contributed by atoms with Crippen LogP contribution in [0.2, 0.25) is 0 Å². The lowest BCUT2D eigenvalue weighted by Gasteiger charge is -2.10. The number of thiophene rings is 1. The van der Waals surface area contributed by atoms with Gasteiger partial charge in [0.15, 0.2) is 5.16 Å². The summed E-state index contributed by atoms with van der Waals surface area (Å²) in [7, 11) is 0. The highest BCUT2D eigenvalue weighted by atomic mass is 32.2. The number of hydrogen-bond acceptors (Lipinski definition) is 6. The van der Waals surface area contributed by atoms with Crippen LogP contribution < -0.4 is 10.1 Å². The zero-order chi connectivity index (χ0) is 22.2. The molecule has 0 radical (unpaired) electrons. The van der Waals surface area contributed by atoms with E-state index in [0.29, 0.717) is 24.7 Å². The molecule has 6 nitrogen and oxygen atoms in total. The van der Waals surface area contributed by atoms with Crippen LogP contribution >= 0.6 is 23.1 Å². The number of carbonyl (C=O) groups excluding carboxylic acids is 1. The van der Waals surface area contributed by atoms with E-state index in [-0.39, 0.29) is 11.7 Å². The Kier molecular flexibility index (Phi) is 7.58. The van der Waals surface area contributed by atoms with Crippen molar-refractivity contribution < 1.29 is 9.53 Å². The first-order valence-corrected chi connectivity index (χ1v) is 12.2. The number of amides is 1. The molecule has 0 aliphatic rings. The second-order valence-electron chi connectivity index (χ2n) is 7.13. The van der Waals surface area contributed by atoms with Crippen LogP contribution in [0.25, 0.3) is 5.69 Å². The second-order valence-corrected chi connectivity index (χ2v) is 9.10. The van der Waals surface area contributed by atoms with Crippen molar-refractivity contribution in [3.63, 3.8) is 0 Å². The first-order chi connectivity index (χ1) is 15.7. The Morgan fingerprint density at radius 3 is 2.75 bits per heavy atom. The molecule has 1 N–H and O–H groups in total. The van der Waals surface area contributed by atoms with Crippen molar-refractivity contribution in [2.75, 3.05) is 18.9 Å². The predicted molar refractivity (Wildman–Crippen MR) is 129 cm³/mol. The molecule has 32 heavy (non-hydrogen) atoms. The molecule has 164 valence electrons. The third-order valence-corrected chi connectivity index (χ3v) is 6.45. The van der Waals surface area contributed by atoms with Gasteiger partial charge in [-0.05, 0) is 48.2 Å². The number of rotatable bonds is 10. The van der Waals surface area contributed by atoms with Crippen molar-refractivity contribution in [3.8, 4) is 11.4 Å². The van der Waals surface area contributed by atoms with E-state index in [0.717, 1.165) is 22.8 Å². The van der Waals surface area contributed by atoms with E-state index >= 15 is 0 Å². The Balaban J connectivity index is 1.34. The highest BCUT2D eigenvalue weighted by Gasteiger charge is 2.16. The minimum absolute atomic E-state index is 0.0646. The number of nitrogens with zero attached hydrogens (tertiary/aromatic N) is 3. The molecule has 0 saturated heterocycles. The molecular weight excluding hydrogens is 440 g/mol. The van der Waals surface area contributed by atoms with Gasteiger partial charge in [-0.25, -0.2) is 0 Å². The van der Waals surface area contributed by atoms with Crippen LogP contribution in [-0.2, 0) is 11.2 Å². The summed E-state index contributed by atoms with van der Waals surface area (Å²) >= 11 is 3.08. The van der Waals surface area contributed by atoms with E-state index in [1.54, 1.807) is 11.3 Å². The zero-order valence-electron chi connectivity index (χ0n) is 17.7. The standard InChI is InChI=1S/C24H24N4O2S2/c1-18-7-5-10-20(15-18)30-13-12-25-23(29)17-32-24-27-26-22(16-21-11-6-14-31-21)28(24)19-8-3-2-4-9-19/h2-11,14-15H,12-13,16-17H2,1H3,(H,25,29). The third kappa shape index (κ3) is 5.99. The second kappa shape index (κ2) is 11.0. The average molecular weight is 465 g/mol. The first kappa shape index (κ1) is 22.1. The van der Waals surface area contributed by atoms with Crippen molar-refractivity contribution in [1.82, 2.24) is 20.1 Å². The molecule has 4 rings (SSSR count). The Morgan fingerprint density at radius 2 is 1.97 bits per heavy atom. The maximum Gasteiger partial charge on any atom is 0.230 e. The molecule has 0 atom stereocenters. The molecule has 2 aromatic heterocycles. The highest BCUT2D eigenvalue weighted by Crippen LogP contribution is 2.24. The number of ether oxygens (including phenoxy) is 1. The van der Waals surface area contributed by atoms with E-state index in [2.05, 4.69) is 27.0 Å². The fourth-order valence-corrected chi connectivity index (χ4v) is 4.66. The van der Waals surface area contributed by atoms with Crippen LogP contribution in [0.4, 0.5) is 0 Å². The maximum atomic E-state index is 12.3. The number of aromatic nitrogens is 3. The normalized spacial score (nSPS) is 10.8. The largest absolute Gasteiger partial charge is 0.492 e. The predicted octanol–water partition coefficient (Wildman–Crippen LogP) is 4.52. The molecule has 1 amide bonds. The van der Waals surface area contributed by atoms with Gasteiger partial charge in [0.25, 0.3) is 0 Å². The van der Waals surface area contributed by atoms with E-state index in [1.165, 1.54) is 16.6 Å². The van der Waals surface area contributed by atoms with Crippen LogP contribution in [0.3, 0.4) is 0 Å². The van der Waals surface area contributed by atoms with Gasteiger partial charge in [0.05, 0.1) is 12.3 Å². The van der Waals surface area contributed by atoms with Crippen molar-refractivity contribution >= 4 is 29.0 Å². The van der Waals surface area contributed by atoms with Crippen molar-refractivity contribution in [3.05, 3.63) is 88.4 Å². The number of nitrogens with one attached hydrogen (secondary N) is 1. The van der Waals surface area contributed by atoms with Crippen molar-refractivity contribution in [2.45, 2.75) is 18.5 Å². The number of para-hydroxylation sites is 1. The summed E-state index contributed by atoms with van der Waals surface area (Å²) in [5.74, 6) is 1.86. The number of benzene rings is 2. The molecule has 8 heteroatoms. The lowest BCUT2D eigenvalue weighted by atomic mass is 10.2. The third-order valence-electron chi connectivity index (χ3n) is 4.64. The smallest absolute Gasteiger partial charge is 0.230 e. The van der Waals surface area contributed by atoms with Gasteiger partial charge in [0.1, 0.15) is 18.2 Å². The van der Waals surface area contributed by atoms with Crippen LogP contribution in [0.1, 0.15) is 16.3 Å². The fourth-order valence-electron chi connectivity index (χ4n) is 3.16. The molecule has 0 saturated carbocycles. The minimum atomic E-state index is -0.0646. The molecule has 0 unspecified atom stereocenters. The number of carbonyl (C=O) groups is 1. The monoisotopic (exact) mass is 464 g/mol. The van der Waals surface area contributed by atoms with Crippen LogP contribution in [0.5, 0.6) is 5.75 Å². The van der Waals surface area contributed by atoms with Crippen molar-refractivity contribution in [1.29, 1.82) is 0 Å². The molecule has 0 aliphatic heterocycles. The zero-order valence-corrected chi connectivity index (χ0v) is 19.4. The van der Waals surface area contributed by atoms with Gasteiger partial charge >= 0.3 is 0 Å². The first-order valence-electron chi connectivity index (χ1n) is 10.3. The molecule has 0 fully saturated rings. The summed E-state index contributed by atoms with van der Waals surface area (Å²) in [5, 5.41) is 14.4. The Bertz CT molecular complexity index is 1140. The van der Waals surface area contributed by atoms with Crippen molar-refractivity contribution in [2.24, 2.45) is 0 Å². The topological polar surface area (TPSA) is 69.0 Å². The van der Waals surface area contributed by atoms with Gasteiger partial charge in [0.2, 0.25) is 5.91 Å². The molecule has 0 bridgehead atoms. The highest BCUT2D eigenvalue weighted by molar-refractivity contribution is 7.99. The van der Waals surface area contributed by atoms with E-state index in [9.17, 15) is 4.79 Å². The fraction of sp³-hybridized carbons (Fsp3) is 0.208. The lowest BCUT2D eigenvalue weighted by molar-refractivity contribution is -0.118.